The molecule has 1 heterocycles. The van der Waals surface area contributed by atoms with Gasteiger partial charge in [0.25, 0.3) is 0 Å². The van der Waals surface area contributed by atoms with Crippen molar-refractivity contribution in [2.45, 2.75) is 13.1 Å². The van der Waals surface area contributed by atoms with Gasteiger partial charge >= 0.3 is 6.18 Å². The first-order chi connectivity index (χ1) is 9.27. The minimum Gasteiger partial charge on any atom is -0.396 e. The molecular weight excluding hydrogens is 269 g/mol. The van der Waals surface area contributed by atoms with Crippen LogP contribution in [0.15, 0.2) is 30.3 Å². The molecule has 0 saturated heterocycles. The monoisotopic (exact) mass is 282 g/mol. The highest BCUT2D eigenvalue weighted by Gasteiger charge is 2.32. The third-order valence-electron chi connectivity index (χ3n) is 2.77. The maximum Gasteiger partial charge on any atom is 0.416 e. The molecule has 0 aliphatic carbocycles. The zero-order chi connectivity index (χ0) is 14.9. The van der Waals surface area contributed by atoms with Crippen LogP contribution in [-0.2, 0) is 6.18 Å². The van der Waals surface area contributed by atoms with Gasteiger partial charge in [0, 0.05) is 5.69 Å². The first kappa shape index (κ1) is 14.0. The van der Waals surface area contributed by atoms with E-state index in [0.29, 0.717) is 11.5 Å². The van der Waals surface area contributed by atoms with Crippen LogP contribution in [0.3, 0.4) is 0 Å². The molecule has 0 bridgehead atoms. The van der Waals surface area contributed by atoms with E-state index in [-0.39, 0.29) is 17.1 Å². The highest BCUT2D eigenvalue weighted by atomic mass is 19.4. The van der Waals surface area contributed by atoms with Crippen molar-refractivity contribution in [3.8, 4) is 0 Å². The Hall–Kier alpha value is -2.44. The third-order valence-corrected chi connectivity index (χ3v) is 2.77. The standard InChI is InChI=1S/C13H13F3N4/c1-7-2-3-8(6-9(7)13(14,15)16)19-11-5-4-10(17)12(18)20-11/h2-6H,17H2,1H3,(H3,18,19,20). The van der Waals surface area contributed by atoms with Crippen molar-refractivity contribution in [3.63, 3.8) is 0 Å². The number of aryl methyl sites for hydroxylation is 1. The number of hydrogen-bond acceptors (Lipinski definition) is 4. The minimum absolute atomic E-state index is 0.123. The SMILES string of the molecule is Cc1ccc(Nc2ccc(N)c(N)n2)cc1C(F)(F)F. The third kappa shape index (κ3) is 2.93. The molecule has 7 heteroatoms. The summed E-state index contributed by atoms with van der Waals surface area (Å²) in [5.41, 5.74) is 11.1. The molecule has 2 rings (SSSR count). The van der Waals surface area contributed by atoms with Gasteiger partial charge < -0.3 is 16.8 Å². The molecule has 0 amide bonds. The predicted octanol–water partition coefficient (Wildman–Crippen LogP) is 3.32. The number of nitrogens with two attached hydrogens (primary N) is 2. The lowest BCUT2D eigenvalue weighted by Crippen LogP contribution is -2.08. The van der Waals surface area contributed by atoms with Crippen molar-refractivity contribution in [1.82, 2.24) is 4.98 Å². The van der Waals surface area contributed by atoms with Crippen LogP contribution in [0, 0.1) is 6.92 Å². The number of pyridine rings is 1. The number of alkyl halides is 3. The molecule has 5 N–H and O–H groups in total. The molecule has 1 aromatic heterocycles. The maximum absolute atomic E-state index is 12.8. The van der Waals surface area contributed by atoms with Gasteiger partial charge in [-0.15, -0.1) is 0 Å². The molecule has 2 aromatic rings. The smallest absolute Gasteiger partial charge is 0.396 e. The Kier molecular flexibility index (Phi) is 3.44. The number of rotatable bonds is 2. The highest BCUT2D eigenvalue weighted by Crippen LogP contribution is 2.34. The zero-order valence-corrected chi connectivity index (χ0v) is 10.6. The highest BCUT2D eigenvalue weighted by molar-refractivity contribution is 5.65. The minimum atomic E-state index is -4.39. The molecule has 0 aliphatic rings. The van der Waals surface area contributed by atoms with Crippen LogP contribution in [-0.4, -0.2) is 4.98 Å². The molecule has 1 aromatic carbocycles. The summed E-state index contributed by atoms with van der Waals surface area (Å²) in [5, 5.41) is 2.76. The fraction of sp³-hybridized carbons (Fsp3) is 0.154. The van der Waals surface area contributed by atoms with Gasteiger partial charge in [0.15, 0.2) is 0 Å². The van der Waals surface area contributed by atoms with E-state index < -0.39 is 11.7 Å². The normalized spacial score (nSPS) is 11.4. The quantitative estimate of drug-likeness (QED) is 0.789. The molecule has 0 fully saturated rings. The van der Waals surface area contributed by atoms with E-state index >= 15 is 0 Å². The van der Waals surface area contributed by atoms with Gasteiger partial charge in [0.2, 0.25) is 0 Å². The Bertz CT molecular complexity index is 638. The second-order valence-electron chi connectivity index (χ2n) is 4.32. The van der Waals surface area contributed by atoms with E-state index in [2.05, 4.69) is 10.3 Å². The first-order valence-corrected chi connectivity index (χ1v) is 5.74. The van der Waals surface area contributed by atoms with Gasteiger partial charge in [-0.3, -0.25) is 0 Å². The number of hydrogen-bond donors (Lipinski definition) is 3. The summed E-state index contributed by atoms with van der Waals surface area (Å²) in [4.78, 5) is 3.94. The van der Waals surface area contributed by atoms with Gasteiger partial charge in [-0.2, -0.15) is 13.2 Å². The molecule has 0 radical (unpaired) electrons. The molecule has 0 aliphatic heterocycles. The predicted molar refractivity (Wildman–Crippen MR) is 72.5 cm³/mol. The van der Waals surface area contributed by atoms with Crippen LogP contribution < -0.4 is 16.8 Å². The Morgan fingerprint density at radius 3 is 2.40 bits per heavy atom. The van der Waals surface area contributed by atoms with Gasteiger partial charge in [-0.05, 0) is 36.8 Å². The average Bonchev–Trinajstić information content (AvgIpc) is 2.35. The number of halogens is 3. The Morgan fingerprint density at radius 2 is 1.80 bits per heavy atom. The number of nitrogen functional groups attached to an aromatic ring is 2. The van der Waals surface area contributed by atoms with Crippen LogP contribution in [0.1, 0.15) is 11.1 Å². The lowest BCUT2D eigenvalue weighted by atomic mass is 10.1. The first-order valence-electron chi connectivity index (χ1n) is 5.74. The van der Waals surface area contributed by atoms with Crippen LogP contribution in [0.5, 0.6) is 0 Å². The lowest BCUT2D eigenvalue weighted by molar-refractivity contribution is -0.138. The van der Waals surface area contributed by atoms with Crippen LogP contribution >= 0.6 is 0 Å². The van der Waals surface area contributed by atoms with Gasteiger partial charge in [0.1, 0.15) is 11.6 Å². The van der Waals surface area contributed by atoms with Crippen molar-refractivity contribution >= 4 is 23.0 Å². The summed E-state index contributed by atoms with van der Waals surface area (Å²) in [7, 11) is 0. The topological polar surface area (TPSA) is 77.0 Å². The Balaban J connectivity index is 2.32. The van der Waals surface area contributed by atoms with E-state index in [1.807, 2.05) is 0 Å². The number of nitrogens with one attached hydrogen (secondary N) is 1. The van der Waals surface area contributed by atoms with E-state index in [1.54, 1.807) is 12.1 Å². The molecule has 0 unspecified atom stereocenters. The molecule has 0 atom stereocenters. The van der Waals surface area contributed by atoms with Gasteiger partial charge in [-0.1, -0.05) is 6.07 Å². The van der Waals surface area contributed by atoms with Crippen molar-refractivity contribution in [3.05, 3.63) is 41.5 Å². The Morgan fingerprint density at radius 1 is 1.10 bits per heavy atom. The second-order valence-corrected chi connectivity index (χ2v) is 4.32. The fourth-order valence-electron chi connectivity index (χ4n) is 1.71. The van der Waals surface area contributed by atoms with E-state index in [1.165, 1.54) is 19.1 Å². The van der Waals surface area contributed by atoms with Gasteiger partial charge in [0.05, 0.1) is 11.3 Å². The number of nitrogens with zero attached hydrogens (tertiary/aromatic N) is 1. The zero-order valence-electron chi connectivity index (χ0n) is 10.6. The van der Waals surface area contributed by atoms with E-state index in [0.717, 1.165) is 6.07 Å². The lowest BCUT2D eigenvalue weighted by Gasteiger charge is -2.13. The van der Waals surface area contributed by atoms with Crippen molar-refractivity contribution in [1.29, 1.82) is 0 Å². The van der Waals surface area contributed by atoms with E-state index in [4.69, 9.17) is 11.5 Å². The molecule has 4 nitrogen and oxygen atoms in total. The van der Waals surface area contributed by atoms with E-state index in [9.17, 15) is 13.2 Å². The molecule has 0 spiro atoms. The summed E-state index contributed by atoms with van der Waals surface area (Å²) >= 11 is 0. The summed E-state index contributed by atoms with van der Waals surface area (Å²) < 4.78 is 38.4. The Labute approximate surface area is 113 Å². The largest absolute Gasteiger partial charge is 0.416 e. The van der Waals surface area contributed by atoms with Crippen molar-refractivity contribution < 1.29 is 13.2 Å². The maximum atomic E-state index is 12.8. The average molecular weight is 282 g/mol. The molecular formula is C13H13F3N4. The van der Waals surface area contributed by atoms with Crippen molar-refractivity contribution in [2.75, 3.05) is 16.8 Å². The number of anilines is 4. The fourth-order valence-corrected chi connectivity index (χ4v) is 1.71. The van der Waals surface area contributed by atoms with Crippen LogP contribution in [0.4, 0.5) is 36.2 Å². The van der Waals surface area contributed by atoms with Crippen LogP contribution in [0.2, 0.25) is 0 Å². The molecule has 106 valence electrons. The summed E-state index contributed by atoms with van der Waals surface area (Å²) in [6.45, 7) is 1.41. The molecule has 20 heavy (non-hydrogen) atoms. The summed E-state index contributed by atoms with van der Waals surface area (Å²) in [6, 6.07) is 7.04. The number of aromatic nitrogens is 1. The van der Waals surface area contributed by atoms with Gasteiger partial charge in [-0.25, -0.2) is 4.98 Å². The number of benzene rings is 1. The van der Waals surface area contributed by atoms with Crippen LogP contribution in [0.25, 0.3) is 0 Å². The summed E-state index contributed by atoms with van der Waals surface area (Å²) in [6.07, 6.45) is -4.39. The van der Waals surface area contributed by atoms with Crippen molar-refractivity contribution in [2.24, 2.45) is 0 Å². The summed E-state index contributed by atoms with van der Waals surface area (Å²) in [5.74, 6) is 0.451. The second kappa shape index (κ2) is 4.92. The molecule has 0 saturated carbocycles.